The van der Waals surface area contributed by atoms with Gasteiger partial charge in [-0.15, -0.1) is 10.2 Å². The molecule has 0 spiro atoms. The van der Waals surface area contributed by atoms with E-state index in [1.807, 2.05) is 0 Å². The zero-order chi connectivity index (χ0) is 15.6. The molecule has 0 N–H and O–H groups in total. The lowest BCUT2D eigenvalue weighted by atomic mass is 10.0. The fourth-order valence-corrected chi connectivity index (χ4v) is 4.31. The molecular formula is C17H27N5O. The molecule has 0 unspecified atom stereocenters. The predicted octanol–water partition coefficient (Wildman–Crippen LogP) is 1.59. The minimum absolute atomic E-state index is 0.367. The van der Waals surface area contributed by atoms with Gasteiger partial charge in [-0.25, -0.2) is 0 Å². The van der Waals surface area contributed by atoms with Crippen molar-refractivity contribution in [3.05, 3.63) is 11.6 Å². The molecule has 4 heterocycles. The van der Waals surface area contributed by atoms with E-state index < -0.39 is 0 Å². The van der Waals surface area contributed by atoms with E-state index >= 15 is 0 Å². The average Bonchev–Trinajstić information content (AvgIpc) is 3.07. The first kappa shape index (κ1) is 15.1. The molecule has 2 saturated heterocycles. The van der Waals surface area contributed by atoms with Crippen molar-refractivity contribution in [2.75, 3.05) is 19.6 Å². The highest BCUT2D eigenvalue weighted by Gasteiger charge is 2.31. The summed E-state index contributed by atoms with van der Waals surface area (Å²) in [4.78, 5) is 16.5. The maximum atomic E-state index is 11.9. The normalized spacial score (nSPS) is 24.0. The summed E-state index contributed by atoms with van der Waals surface area (Å²) in [5.74, 6) is 2.68. The fourth-order valence-electron chi connectivity index (χ4n) is 4.31. The van der Waals surface area contributed by atoms with E-state index in [0.29, 0.717) is 11.9 Å². The number of carbonyl (C=O) groups excluding carboxylic acids is 1. The first-order valence-corrected chi connectivity index (χ1v) is 9.24. The van der Waals surface area contributed by atoms with Crippen molar-refractivity contribution < 1.29 is 4.79 Å². The summed E-state index contributed by atoms with van der Waals surface area (Å²) >= 11 is 0. The molecule has 6 heteroatoms. The molecule has 2 fully saturated rings. The van der Waals surface area contributed by atoms with E-state index in [1.165, 1.54) is 25.1 Å². The third-order valence-electron chi connectivity index (χ3n) is 5.66. The first-order valence-electron chi connectivity index (χ1n) is 9.24. The topological polar surface area (TPSA) is 54.3 Å². The molecule has 3 aliphatic rings. The zero-order valence-electron chi connectivity index (χ0n) is 13.9. The SMILES string of the molecule is O=C1CCCN1C1CCN(Cc2nnc3n2CCCCC3)CC1. The molecule has 1 amide bonds. The van der Waals surface area contributed by atoms with E-state index in [4.69, 9.17) is 0 Å². The number of rotatable bonds is 3. The second-order valence-corrected chi connectivity index (χ2v) is 7.19. The zero-order valence-corrected chi connectivity index (χ0v) is 13.9. The number of hydrogen-bond acceptors (Lipinski definition) is 4. The van der Waals surface area contributed by atoms with Crippen LogP contribution in [0.15, 0.2) is 0 Å². The Morgan fingerprint density at radius 3 is 2.57 bits per heavy atom. The van der Waals surface area contributed by atoms with Crippen LogP contribution in [0.5, 0.6) is 0 Å². The fraction of sp³-hybridized carbons (Fsp3) is 0.824. The van der Waals surface area contributed by atoms with Gasteiger partial charge in [0.25, 0.3) is 0 Å². The molecule has 1 aromatic heterocycles. The Labute approximate surface area is 137 Å². The first-order chi connectivity index (χ1) is 11.3. The molecule has 0 bridgehead atoms. The second-order valence-electron chi connectivity index (χ2n) is 7.19. The van der Waals surface area contributed by atoms with E-state index in [2.05, 4.69) is 24.6 Å². The quantitative estimate of drug-likeness (QED) is 0.849. The highest BCUT2D eigenvalue weighted by atomic mass is 16.2. The molecule has 4 rings (SSSR count). The molecule has 126 valence electrons. The number of hydrogen-bond donors (Lipinski definition) is 0. The summed E-state index contributed by atoms with van der Waals surface area (Å²) in [6.07, 6.45) is 8.88. The molecule has 6 nitrogen and oxygen atoms in total. The number of carbonyl (C=O) groups is 1. The smallest absolute Gasteiger partial charge is 0.222 e. The van der Waals surface area contributed by atoms with Crippen molar-refractivity contribution in [2.45, 2.75) is 70.5 Å². The maximum absolute atomic E-state index is 11.9. The summed E-state index contributed by atoms with van der Waals surface area (Å²) < 4.78 is 2.35. The van der Waals surface area contributed by atoms with Gasteiger partial charge in [0, 0.05) is 45.1 Å². The van der Waals surface area contributed by atoms with E-state index in [9.17, 15) is 4.79 Å². The van der Waals surface area contributed by atoms with Crippen LogP contribution in [0, 0.1) is 0 Å². The average molecular weight is 317 g/mol. The predicted molar refractivity (Wildman–Crippen MR) is 86.8 cm³/mol. The van der Waals surface area contributed by atoms with Crippen LogP contribution in [0.25, 0.3) is 0 Å². The van der Waals surface area contributed by atoms with Gasteiger partial charge in [-0.05, 0) is 32.1 Å². The van der Waals surface area contributed by atoms with Crippen LogP contribution in [0.4, 0.5) is 0 Å². The molecule has 1 aromatic rings. The van der Waals surface area contributed by atoms with Gasteiger partial charge in [-0.2, -0.15) is 0 Å². The van der Waals surface area contributed by atoms with E-state index in [0.717, 1.165) is 70.7 Å². The summed E-state index contributed by atoms with van der Waals surface area (Å²) in [6.45, 7) is 5.10. The Kier molecular flexibility index (Phi) is 4.33. The Morgan fingerprint density at radius 2 is 1.78 bits per heavy atom. The monoisotopic (exact) mass is 317 g/mol. The molecule has 23 heavy (non-hydrogen) atoms. The van der Waals surface area contributed by atoms with Crippen molar-refractivity contribution in [1.82, 2.24) is 24.6 Å². The lowest BCUT2D eigenvalue weighted by molar-refractivity contribution is -0.130. The van der Waals surface area contributed by atoms with Gasteiger partial charge in [0.05, 0.1) is 6.54 Å². The number of fused-ring (bicyclic) bond motifs is 1. The number of amides is 1. The number of aryl methyl sites for hydroxylation is 1. The third-order valence-corrected chi connectivity index (χ3v) is 5.66. The van der Waals surface area contributed by atoms with E-state index in [1.54, 1.807) is 0 Å². The number of nitrogens with zero attached hydrogens (tertiary/aromatic N) is 5. The maximum Gasteiger partial charge on any atom is 0.222 e. The highest BCUT2D eigenvalue weighted by Crippen LogP contribution is 2.23. The van der Waals surface area contributed by atoms with Crippen molar-refractivity contribution in [2.24, 2.45) is 0 Å². The van der Waals surface area contributed by atoms with Crippen molar-refractivity contribution in [1.29, 1.82) is 0 Å². The second kappa shape index (κ2) is 6.59. The summed E-state index contributed by atoms with van der Waals surface area (Å²) in [6, 6.07) is 0.469. The van der Waals surface area contributed by atoms with Crippen LogP contribution in [-0.4, -0.2) is 56.1 Å². The van der Waals surface area contributed by atoms with Crippen molar-refractivity contribution in [3.8, 4) is 0 Å². The van der Waals surface area contributed by atoms with Crippen molar-refractivity contribution >= 4 is 5.91 Å². The van der Waals surface area contributed by atoms with Crippen LogP contribution in [-0.2, 0) is 24.3 Å². The standard InChI is InChI=1S/C17H27N5O/c23-17-6-4-10-21(17)14-7-11-20(12-8-14)13-16-19-18-15-5-2-1-3-9-22(15)16/h14H,1-13H2. The Balaban J connectivity index is 1.35. The van der Waals surface area contributed by atoms with Crippen LogP contribution in [0.2, 0.25) is 0 Å². The summed E-state index contributed by atoms with van der Waals surface area (Å²) in [7, 11) is 0. The van der Waals surface area contributed by atoms with E-state index in [-0.39, 0.29) is 0 Å². The van der Waals surface area contributed by atoms with Gasteiger partial charge < -0.3 is 9.47 Å². The van der Waals surface area contributed by atoms with Crippen molar-refractivity contribution in [3.63, 3.8) is 0 Å². The minimum Gasteiger partial charge on any atom is -0.340 e. The minimum atomic E-state index is 0.367. The Morgan fingerprint density at radius 1 is 0.913 bits per heavy atom. The van der Waals surface area contributed by atoms with Gasteiger partial charge in [0.2, 0.25) is 5.91 Å². The number of likely N-dealkylation sites (tertiary alicyclic amines) is 2. The molecule has 0 aliphatic carbocycles. The highest BCUT2D eigenvalue weighted by molar-refractivity contribution is 5.78. The van der Waals surface area contributed by atoms with Gasteiger partial charge in [-0.1, -0.05) is 6.42 Å². The third kappa shape index (κ3) is 3.13. The van der Waals surface area contributed by atoms with Gasteiger partial charge in [0.1, 0.15) is 11.6 Å². The van der Waals surface area contributed by atoms with Crippen LogP contribution >= 0.6 is 0 Å². The Bertz CT molecular complexity index is 561. The lowest BCUT2D eigenvalue weighted by Gasteiger charge is -2.36. The summed E-state index contributed by atoms with van der Waals surface area (Å²) in [5.41, 5.74) is 0. The summed E-state index contributed by atoms with van der Waals surface area (Å²) in [5, 5.41) is 8.85. The molecule has 0 saturated carbocycles. The largest absolute Gasteiger partial charge is 0.340 e. The molecule has 0 radical (unpaired) electrons. The van der Waals surface area contributed by atoms with Crippen LogP contribution < -0.4 is 0 Å². The van der Waals surface area contributed by atoms with Crippen LogP contribution in [0.1, 0.15) is 56.6 Å². The number of piperidine rings is 1. The molecule has 3 aliphatic heterocycles. The van der Waals surface area contributed by atoms with Gasteiger partial charge >= 0.3 is 0 Å². The Hall–Kier alpha value is -1.43. The van der Waals surface area contributed by atoms with Gasteiger partial charge in [-0.3, -0.25) is 9.69 Å². The number of aromatic nitrogens is 3. The lowest BCUT2D eigenvalue weighted by Crippen LogP contribution is -2.45. The molecule has 0 aromatic carbocycles. The van der Waals surface area contributed by atoms with Gasteiger partial charge in [0.15, 0.2) is 0 Å². The molecular weight excluding hydrogens is 290 g/mol. The molecule has 0 atom stereocenters. The van der Waals surface area contributed by atoms with Crippen LogP contribution in [0.3, 0.4) is 0 Å².